The third kappa shape index (κ3) is 4.29. The van der Waals surface area contributed by atoms with Crippen molar-refractivity contribution in [2.75, 3.05) is 0 Å². The lowest BCUT2D eigenvalue weighted by atomic mass is 9.86. The van der Waals surface area contributed by atoms with Crippen LogP contribution in [0.25, 0.3) is 0 Å². The van der Waals surface area contributed by atoms with Gasteiger partial charge >= 0.3 is 0 Å². The summed E-state index contributed by atoms with van der Waals surface area (Å²) in [5.74, 6) is 0.525. The van der Waals surface area contributed by atoms with E-state index in [0.29, 0.717) is 12.0 Å². The maximum Gasteiger partial charge on any atom is 0.126 e. The summed E-state index contributed by atoms with van der Waals surface area (Å²) in [6.07, 6.45) is 7.80. The number of hydrogen-bond acceptors (Lipinski definition) is 1. The second kappa shape index (κ2) is 7.04. The van der Waals surface area contributed by atoms with Gasteiger partial charge in [-0.25, -0.2) is 4.39 Å². The van der Waals surface area contributed by atoms with Crippen molar-refractivity contribution < 1.29 is 9.50 Å². The first-order valence-electron chi connectivity index (χ1n) is 7.69. The van der Waals surface area contributed by atoms with Gasteiger partial charge in [-0.15, -0.1) is 0 Å². The molecule has 0 heterocycles. The van der Waals surface area contributed by atoms with E-state index >= 15 is 0 Å². The normalized spacial score (nSPS) is 27.3. The Hall–Kier alpha value is -0.410. The molecule has 0 aliphatic heterocycles. The van der Waals surface area contributed by atoms with Crippen LogP contribution in [0, 0.1) is 11.7 Å². The third-order valence-electron chi connectivity index (χ3n) is 4.50. The van der Waals surface area contributed by atoms with E-state index in [-0.39, 0.29) is 5.82 Å². The van der Waals surface area contributed by atoms with Gasteiger partial charge in [0.2, 0.25) is 0 Å². The highest BCUT2D eigenvalue weighted by Gasteiger charge is 2.31. The quantitative estimate of drug-likeness (QED) is 0.741. The smallest absolute Gasteiger partial charge is 0.126 e. The molecule has 2 rings (SSSR count). The molecule has 1 aromatic rings. The topological polar surface area (TPSA) is 20.2 Å². The maximum absolute atomic E-state index is 13.9. The molecule has 0 aromatic heterocycles. The minimum Gasteiger partial charge on any atom is -0.390 e. The molecule has 2 unspecified atom stereocenters. The Bertz CT molecular complexity index is 449. The van der Waals surface area contributed by atoms with Gasteiger partial charge in [0.05, 0.1) is 5.60 Å². The monoisotopic (exact) mass is 342 g/mol. The van der Waals surface area contributed by atoms with Gasteiger partial charge in [-0.1, -0.05) is 48.5 Å². The fraction of sp³-hybridized carbons (Fsp3) is 0.647. The predicted octanol–water partition coefficient (Wildman–Crippen LogP) is 5.24. The molecule has 0 bridgehead atoms. The molecule has 1 aliphatic carbocycles. The molecular formula is C17H24BrFO. The minimum absolute atomic E-state index is 0.212. The number of hydrogen-bond donors (Lipinski definition) is 1. The predicted molar refractivity (Wildman–Crippen MR) is 84.2 cm³/mol. The molecule has 1 aliphatic rings. The van der Waals surface area contributed by atoms with Gasteiger partial charge in [-0.3, -0.25) is 0 Å². The molecular weight excluding hydrogens is 319 g/mol. The molecule has 112 valence electrons. The number of rotatable bonds is 4. The lowest BCUT2D eigenvalue weighted by Gasteiger charge is -2.27. The Morgan fingerprint density at radius 1 is 1.35 bits per heavy atom. The second-order valence-electron chi connectivity index (χ2n) is 6.22. The van der Waals surface area contributed by atoms with E-state index in [1.807, 2.05) is 0 Å². The van der Waals surface area contributed by atoms with Gasteiger partial charge in [0, 0.05) is 10.9 Å². The molecule has 1 saturated carbocycles. The largest absolute Gasteiger partial charge is 0.390 e. The molecule has 2 atom stereocenters. The molecule has 0 amide bonds. The summed E-state index contributed by atoms with van der Waals surface area (Å²) < 4.78 is 14.7. The van der Waals surface area contributed by atoms with Gasteiger partial charge in [-0.2, -0.15) is 0 Å². The van der Waals surface area contributed by atoms with Crippen molar-refractivity contribution in [2.24, 2.45) is 5.92 Å². The van der Waals surface area contributed by atoms with Crippen molar-refractivity contribution in [1.29, 1.82) is 0 Å². The molecule has 1 fully saturated rings. The van der Waals surface area contributed by atoms with Crippen LogP contribution in [0.5, 0.6) is 0 Å². The van der Waals surface area contributed by atoms with E-state index in [4.69, 9.17) is 0 Å². The Morgan fingerprint density at radius 2 is 2.15 bits per heavy atom. The average Bonchev–Trinajstić information content (AvgIpc) is 2.57. The fourth-order valence-corrected chi connectivity index (χ4v) is 3.78. The van der Waals surface area contributed by atoms with Crippen molar-refractivity contribution in [1.82, 2.24) is 0 Å². The van der Waals surface area contributed by atoms with E-state index in [9.17, 15) is 9.50 Å². The summed E-state index contributed by atoms with van der Waals surface area (Å²) in [7, 11) is 0. The maximum atomic E-state index is 13.9. The molecule has 0 saturated heterocycles. The zero-order valence-electron chi connectivity index (χ0n) is 12.2. The first kappa shape index (κ1) is 16.0. The van der Waals surface area contributed by atoms with E-state index in [2.05, 4.69) is 22.9 Å². The van der Waals surface area contributed by atoms with Crippen molar-refractivity contribution in [3.05, 3.63) is 34.1 Å². The summed E-state index contributed by atoms with van der Waals surface area (Å²) in [5.41, 5.74) is -0.111. The van der Waals surface area contributed by atoms with Gasteiger partial charge in [-0.05, 0) is 48.9 Å². The van der Waals surface area contributed by atoms with Crippen molar-refractivity contribution in [3.63, 3.8) is 0 Å². The highest BCUT2D eigenvalue weighted by Crippen LogP contribution is 2.35. The molecule has 0 spiro atoms. The minimum atomic E-state index is -0.732. The first-order chi connectivity index (χ1) is 9.52. The summed E-state index contributed by atoms with van der Waals surface area (Å²) in [6.45, 7) is 2.22. The molecule has 20 heavy (non-hydrogen) atoms. The highest BCUT2D eigenvalue weighted by atomic mass is 79.9. The average molecular weight is 343 g/mol. The SMILES string of the molecule is CCCC1CCCC(O)(Cc2cc(Br)ccc2F)CC1. The summed E-state index contributed by atoms with van der Waals surface area (Å²) >= 11 is 3.38. The van der Waals surface area contributed by atoms with Crippen LogP contribution in [0.2, 0.25) is 0 Å². The van der Waals surface area contributed by atoms with Crippen LogP contribution in [0.15, 0.2) is 22.7 Å². The Balaban J connectivity index is 2.05. The van der Waals surface area contributed by atoms with Gasteiger partial charge in [0.25, 0.3) is 0 Å². The van der Waals surface area contributed by atoms with E-state index < -0.39 is 5.60 Å². The van der Waals surface area contributed by atoms with E-state index in [1.165, 1.54) is 25.3 Å². The molecule has 1 nitrogen and oxygen atoms in total. The van der Waals surface area contributed by atoms with Crippen LogP contribution in [-0.2, 0) is 6.42 Å². The summed E-state index contributed by atoms with van der Waals surface area (Å²) in [4.78, 5) is 0. The fourth-order valence-electron chi connectivity index (χ4n) is 3.37. The summed E-state index contributed by atoms with van der Waals surface area (Å²) in [5, 5.41) is 10.8. The number of benzene rings is 1. The van der Waals surface area contributed by atoms with Crippen molar-refractivity contribution >= 4 is 15.9 Å². The van der Waals surface area contributed by atoms with Crippen molar-refractivity contribution in [2.45, 2.75) is 63.9 Å². The van der Waals surface area contributed by atoms with E-state index in [1.54, 1.807) is 12.1 Å². The van der Waals surface area contributed by atoms with Crippen LogP contribution in [0.1, 0.15) is 57.4 Å². The molecule has 3 heteroatoms. The third-order valence-corrected chi connectivity index (χ3v) is 4.99. The standard InChI is InChI=1S/C17H24BrFO/c1-2-4-13-5-3-9-17(20,10-8-13)12-14-11-15(18)6-7-16(14)19/h6-7,11,13,20H,2-5,8-10,12H2,1H3. The van der Waals surface area contributed by atoms with E-state index in [0.717, 1.165) is 36.1 Å². The highest BCUT2D eigenvalue weighted by molar-refractivity contribution is 9.10. The van der Waals surface area contributed by atoms with Gasteiger partial charge < -0.3 is 5.11 Å². The number of aliphatic hydroxyl groups is 1. The van der Waals surface area contributed by atoms with Gasteiger partial charge in [0.15, 0.2) is 0 Å². The molecule has 1 aromatic carbocycles. The lowest BCUT2D eigenvalue weighted by Crippen LogP contribution is -2.31. The van der Waals surface area contributed by atoms with Crippen LogP contribution < -0.4 is 0 Å². The van der Waals surface area contributed by atoms with Crippen LogP contribution in [0.4, 0.5) is 4.39 Å². The zero-order valence-corrected chi connectivity index (χ0v) is 13.8. The Kier molecular flexibility index (Phi) is 5.62. The van der Waals surface area contributed by atoms with Crippen LogP contribution in [0.3, 0.4) is 0 Å². The first-order valence-corrected chi connectivity index (χ1v) is 8.48. The molecule has 1 N–H and O–H groups in total. The lowest BCUT2D eigenvalue weighted by molar-refractivity contribution is 0.0233. The zero-order chi connectivity index (χ0) is 14.6. The Labute approximate surface area is 129 Å². The van der Waals surface area contributed by atoms with Crippen molar-refractivity contribution in [3.8, 4) is 0 Å². The second-order valence-corrected chi connectivity index (χ2v) is 7.14. The number of halogens is 2. The summed E-state index contributed by atoms with van der Waals surface area (Å²) in [6, 6.07) is 4.97. The van der Waals surface area contributed by atoms with Gasteiger partial charge in [0.1, 0.15) is 5.82 Å². The van der Waals surface area contributed by atoms with Crippen LogP contribution in [-0.4, -0.2) is 10.7 Å². The van der Waals surface area contributed by atoms with Crippen LogP contribution >= 0.6 is 15.9 Å². The Morgan fingerprint density at radius 3 is 2.90 bits per heavy atom. The molecule has 0 radical (unpaired) electrons.